The smallest absolute Gasteiger partial charge is 0.348 e. The number of ether oxygens (including phenoxy) is 3. The fourth-order valence-corrected chi connectivity index (χ4v) is 5.12. The SMILES string of the molecule is CCOC(=O)c1sc(N)c(C#N)c1COC(=O)c1cc2c(s1)-c1ccccc1OC2. The van der Waals surface area contributed by atoms with Crippen molar-refractivity contribution in [1.82, 2.24) is 0 Å². The fraction of sp³-hybridized carbons (Fsp3) is 0.190. The molecule has 30 heavy (non-hydrogen) atoms. The predicted molar refractivity (Wildman–Crippen MR) is 113 cm³/mol. The first kappa shape index (κ1) is 19.9. The molecule has 1 aliphatic rings. The van der Waals surface area contributed by atoms with Crippen molar-refractivity contribution >= 4 is 39.6 Å². The lowest BCUT2D eigenvalue weighted by Crippen LogP contribution is -2.09. The van der Waals surface area contributed by atoms with E-state index in [1.807, 2.05) is 30.3 Å². The number of carbonyl (C=O) groups is 2. The van der Waals surface area contributed by atoms with Gasteiger partial charge in [0.1, 0.15) is 39.8 Å². The van der Waals surface area contributed by atoms with Gasteiger partial charge in [0.2, 0.25) is 0 Å². The zero-order valence-corrected chi connectivity index (χ0v) is 17.5. The number of carbonyl (C=O) groups excluding carboxylic acids is 2. The Hall–Kier alpha value is -3.35. The van der Waals surface area contributed by atoms with Crippen LogP contribution in [-0.2, 0) is 22.7 Å². The van der Waals surface area contributed by atoms with Gasteiger partial charge in [0.05, 0.1) is 12.2 Å². The second kappa shape index (κ2) is 8.18. The summed E-state index contributed by atoms with van der Waals surface area (Å²) in [5.41, 5.74) is 8.09. The van der Waals surface area contributed by atoms with Gasteiger partial charge in [-0.3, -0.25) is 0 Å². The van der Waals surface area contributed by atoms with Crippen molar-refractivity contribution in [2.75, 3.05) is 12.3 Å². The van der Waals surface area contributed by atoms with Gasteiger partial charge in [0, 0.05) is 21.6 Å². The number of benzene rings is 1. The minimum atomic E-state index is -0.595. The van der Waals surface area contributed by atoms with Crippen LogP contribution in [0.2, 0.25) is 0 Å². The number of thiophene rings is 2. The Morgan fingerprint density at radius 2 is 2.03 bits per heavy atom. The lowest BCUT2D eigenvalue weighted by molar-refractivity contribution is 0.0457. The van der Waals surface area contributed by atoms with Crippen LogP contribution in [0.25, 0.3) is 10.4 Å². The minimum absolute atomic E-state index is 0.128. The molecule has 2 aromatic heterocycles. The third-order valence-electron chi connectivity index (χ3n) is 4.48. The maximum atomic E-state index is 12.7. The number of hydrogen-bond acceptors (Lipinski definition) is 9. The summed E-state index contributed by atoms with van der Waals surface area (Å²) >= 11 is 2.27. The summed E-state index contributed by atoms with van der Waals surface area (Å²) in [6.07, 6.45) is 0. The highest BCUT2D eigenvalue weighted by atomic mass is 32.1. The quantitative estimate of drug-likeness (QED) is 0.587. The topological polar surface area (TPSA) is 112 Å². The molecular formula is C21H16N2O5S2. The molecule has 0 bridgehead atoms. The summed E-state index contributed by atoms with van der Waals surface area (Å²) in [4.78, 5) is 26.4. The van der Waals surface area contributed by atoms with Crippen molar-refractivity contribution in [3.05, 3.63) is 56.8 Å². The third-order valence-corrected chi connectivity index (χ3v) is 6.71. The van der Waals surface area contributed by atoms with Crippen LogP contribution in [0.5, 0.6) is 5.75 Å². The minimum Gasteiger partial charge on any atom is -0.488 e. The van der Waals surface area contributed by atoms with Gasteiger partial charge in [-0.2, -0.15) is 5.26 Å². The first-order valence-corrected chi connectivity index (χ1v) is 10.7. The second-order valence-corrected chi connectivity index (χ2v) is 8.41. The molecule has 0 radical (unpaired) electrons. The Morgan fingerprint density at radius 1 is 1.23 bits per heavy atom. The zero-order chi connectivity index (χ0) is 21.3. The first-order chi connectivity index (χ1) is 14.5. The number of nitrogen functional groups attached to an aromatic ring is 1. The highest BCUT2D eigenvalue weighted by Gasteiger charge is 2.26. The summed E-state index contributed by atoms with van der Waals surface area (Å²) in [6.45, 7) is 1.99. The van der Waals surface area contributed by atoms with E-state index in [4.69, 9.17) is 19.9 Å². The van der Waals surface area contributed by atoms with Crippen molar-refractivity contribution in [1.29, 1.82) is 5.26 Å². The van der Waals surface area contributed by atoms with Crippen molar-refractivity contribution in [3.8, 4) is 22.3 Å². The van der Waals surface area contributed by atoms with Crippen LogP contribution in [0, 0.1) is 11.3 Å². The van der Waals surface area contributed by atoms with E-state index in [1.165, 1.54) is 11.3 Å². The fourth-order valence-electron chi connectivity index (χ4n) is 3.12. The van der Waals surface area contributed by atoms with Gasteiger partial charge in [0.25, 0.3) is 0 Å². The van der Waals surface area contributed by atoms with E-state index in [-0.39, 0.29) is 34.2 Å². The van der Waals surface area contributed by atoms with E-state index in [0.717, 1.165) is 33.1 Å². The monoisotopic (exact) mass is 440 g/mol. The molecule has 0 saturated carbocycles. The molecule has 3 heterocycles. The van der Waals surface area contributed by atoms with Gasteiger partial charge < -0.3 is 19.9 Å². The Morgan fingerprint density at radius 3 is 2.80 bits per heavy atom. The van der Waals surface area contributed by atoms with Crippen LogP contribution in [0.4, 0.5) is 5.00 Å². The number of nitrogens with two attached hydrogens (primary N) is 1. The molecule has 1 aliphatic heterocycles. The Kier molecular flexibility index (Phi) is 5.44. The molecular weight excluding hydrogens is 424 g/mol. The Balaban J connectivity index is 1.57. The molecule has 0 fully saturated rings. The Labute approximate surface area is 180 Å². The van der Waals surface area contributed by atoms with Crippen molar-refractivity contribution in [2.45, 2.75) is 20.1 Å². The van der Waals surface area contributed by atoms with E-state index in [2.05, 4.69) is 0 Å². The predicted octanol–water partition coefficient (Wildman–Crippen LogP) is 4.36. The van der Waals surface area contributed by atoms with Gasteiger partial charge in [-0.15, -0.1) is 22.7 Å². The Bertz CT molecular complexity index is 1190. The van der Waals surface area contributed by atoms with Gasteiger partial charge in [0.15, 0.2) is 0 Å². The van der Waals surface area contributed by atoms with Gasteiger partial charge in [-0.1, -0.05) is 12.1 Å². The highest BCUT2D eigenvalue weighted by molar-refractivity contribution is 7.18. The van der Waals surface area contributed by atoms with E-state index in [1.54, 1.807) is 13.0 Å². The number of hydrogen-bond donors (Lipinski definition) is 1. The molecule has 3 aromatic rings. The van der Waals surface area contributed by atoms with Crippen LogP contribution in [-0.4, -0.2) is 18.5 Å². The van der Waals surface area contributed by atoms with Gasteiger partial charge >= 0.3 is 11.9 Å². The third kappa shape index (κ3) is 3.51. The molecule has 0 saturated heterocycles. The summed E-state index contributed by atoms with van der Waals surface area (Å²) in [7, 11) is 0. The van der Waals surface area contributed by atoms with Crippen LogP contribution in [0.15, 0.2) is 30.3 Å². The molecule has 1 aromatic carbocycles. The van der Waals surface area contributed by atoms with Crippen LogP contribution in [0.3, 0.4) is 0 Å². The summed E-state index contributed by atoms with van der Waals surface area (Å²) in [5.74, 6) is -0.365. The normalized spacial score (nSPS) is 11.6. The van der Waals surface area contributed by atoms with E-state index >= 15 is 0 Å². The maximum Gasteiger partial charge on any atom is 0.348 e. The molecule has 9 heteroatoms. The number of nitriles is 1. The summed E-state index contributed by atoms with van der Waals surface area (Å²) < 4.78 is 16.2. The summed E-state index contributed by atoms with van der Waals surface area (Å²) in [5, 5.41) is 9.57. The maximum absolute atomic E-state index is 12.7. The zero-order valence-electron chi connectivity index (χ0n) is 15.9. The molecule has 152 valence electrons. The van der Waals surface area contributed by atoms with Gasteiger partial charge in [-0.25, -0.2) is 9.59 Å². The molecule has 0 atom stereocenters. The summed E-state index contributed by atoms with van der Waals surface area (Å²) in [6, 6.07) is 11.4. The number of rotatable bonds is 5. The average Bonchev–Trinajstić information content (AvgIpc) is 3.33. The second-order valence-electron chi connectivity index (χ2n) is 6.31. The van der Waals surface area contributed by atoms with Crippen molar-refractivity contribution in [3.63, 3.8) is 0 Å². The van der Waals surface area contributed by atoms with Crippen LogP contribution >= 0.6 is 22.7 Å². The molecule has 2 N–H and O–H groups in total. The number of anilines is 1. The molecule has 0 unspecified atom stereocenters. The molecule has 0 amide bonds. The first-order valence-electron chi connectivity index (χ1n) is 9.03. The van der Waals surface area contributed by atoms with Crippen LogP contribution < -0.4 is 10.5 Å². The number of nitrogens with zero attached hydrogens (tertiary/aromatic N) is 1. The van der Waals surface area contributed by atoms with Crippen molar-refractivity contribution in [2.24, 2.45) is 0 Å². The van der Waals surface area contributed by atoms with E-state index < -0.39 is 11.9 Å². The largest absolute Gasteiger partial charge is 0.488 e. The molecule has 0 aliphatic carbocycles. The van der Waals surface area contributed by atoms with Crippen LogP contribution in [0.1, 0.15) is 43.0 Å². The standard InChI is InChI=1S/C21H16N2O5S2/c1-2-26-21(25)18-14(13(8-22)19(23)30-18)10-28-20(24)16-7-11-9-27-15-6-4-3-5-12(15)17(11)29-16/h3-7H,2,9-10,23H2,1H3. The van der Waals surface area contributed by atoms with Crippen molar-refractivity contribution < 1.29 is 23.8 Å². The van der Waals surface area contributed by atoms with E-state index in [0.29, 0.717) is 11.5 Å². The average molecular weight is 441 g/mol. The number of para-hydroxylation sites is 1. The molecule has 0 spiro atoms. The molecule has 4 rings (SSSR count). The number of esters is 2. The molecule has 7 nitrogen and oxygen atoms in total. The number of fused-ring (bicyclic) bond motifs is 3. The van der Waals surface area contributed by atoms with Gasteiger partial charge in [-0.05, 0) is 25.1 Å². The lowest BCUT2D eigenvalue weighted by Gasteiger charge is -2.16. The highest BCUT2D eigenvalue weighted by Crippen LogP contribution is 2.42. The lowest BCUT2D eigenvalue weighted by atomic mass is 10.1. The van der Waals surface area contributed by atoms with E-state index in [9.17, 15) is 14.9 Å².